The van der Waals surface area contributed by atoms with Crippen molar-refractivity contribution in [2.75, 3.05) is 6.54 Å². The molecule has 0 aliphatic carbocycles. The Labute approximate surface area is 122 Å². The predicted molar refractivity (Wildman–Crippen MR) is 79.5 cm³/mol. The lowest BCUT2D eigenvalue weighted by molar-refractivity contribution is -0.124. The molecule has 1 aromatic carbocycles. The van der Waals surface area contributed by atoms with Gasteiger partial charge >= 0.3 is 0 Å². The van der Waals surface area contributed by atoms with Crippen molar-refractivity contribution in [3.8, 4) is 0 Å². The Morgan fingerprint density at radius 1 is 1.35 bits per heavy atom. The van der Waals surface area contributed by atoms with Gasteiger partial charge < -0.3 is 11.5 Å². The number of piperidine rings is 1. The smallest absolute Gasteiger partial charge is 0.234 e. The van der Waals surface area contributed by atoms with Crippen molar-refractivity contribution in [3.63, 3.8) is 0 Å². The first kappa shape index (κ1) is 14.9. The van der Waals surface area contributed by atoms with Gasteiger partial charge in [0.25, 0.3) is 0 Å². The zero-order valence-corrected chi connectivity index (χ0v) is 12.0. The molecule has 0 saturated carbocycles. The van der Waals surface area contributed by atoms with E-state index in [4.69, 9.17) is 23.7 Å². The van der Waals surface area contributed by atoms with Crippen LogP contribution >= 0.6 is 12.2 Å². The highest BCUT2D eigenvalue weighted by atomic mass is 32.1. The number of likely N-dealkylation sites (tertiary alicyclic amines) is 1. The molecule has 0 spiro atoms. The molecular formula is C14H18FN3OS. The lowest BCUT2D eigenvalue weighted by Crippen LogP contribution is -2.47. The van der Waals surface area contributed by atoms with Crippen molar-refractivity contribution in [2.45, 2.75) is 31.8 Å². The molecule has 108 valence electrons. The van der Waals surface area contributed by atoms with Gasteiger partial charge in [-0.2, -0.15) is 0 Å². The SMILES string of the molecule is NC(=O)C1CCCCN1Cc1cc(F)cc(C(N)=S)c1. The Kier molecular flexibility index (Phi) is 4.67. The van der Waals surface area contributed by atoms with E-state index < -0.39 is 0 Å². The maximum Gasteiger partial charge on any atom is 0.234 e. The summed E-state index contributed by atoms with van der Waals surface area (Å²) in [5.41, 5.74) is 12.2. The summed E-state index contributed by atoms with van der Waals surface area (Å²) in [6.45, 7) is 1.26. The lowest BCUT2D eigenvalue weighted by Gasteiger charge is -2.33. The van der Waals surface area contributed by atoms with Crippen LogP contribution in [-0.2, 0) is 11.3 Å². The number of carbonyl (C=O) groups excluding carboxylic acids is 1. The standard InChI is InChI=1S/C14H18FN3OS/c15-11-6-9(5-10(7-11)14(17)20)8-18-4-2-1-3-12(18)13(16)19/h5-7,12H,1-4,8H2,(H2,16,19)(H2,17,20). The van der Waals surface area contributed by atoms with Crippen molar-refractivity contribution < 1.29 is 9.18 Å². The summed E-state index contributed by atoms with van der Waals surface area (Å²) in [7, 11) is 0. The van der Waals surface area contributed by atoms with Crippen LogP contribution in [0.25, 0.3) is 0 Å². The predicted octanol–water partition coefficient (Wildman–Crippen LogP) is 1.30. The molecule has 1 saturated heterocycles. The van der Waals surface area contributed by atoms with Gasteiger partial charge in [-0.3, -0.25) is 9.69 Å². The summed E-state index contributed by atoms with van der Waals surface area (Å²) in [4.78, 5) is 13.6. The fourth-order valence-electron chi connectivity index (χ4n) is 2.62. The van der Waals surface area contributed by atoms with Crippen LogP contribution in [0.15, 0.2) is 18.2 Å². The molecule has 1 fully saturated rings. The second-order valence-electron chi connectivity index (χ2n) is 5.10. The monoisotopic (exact) mass is 295 g/mol. The van der Waals surface area contributed by atoms with Gasteiger partial charge in [0.15, 0.2) is 0 Å². The van der Waals surface area contributed by atoms with E-state index in [1.54, 1.807) is 6.07 Å². The minimum Gasteiger partial charge on any atom is -0.389 e. The third-order valence-corrected chi connectivity index (χ3v) is 3.81. The number of thiocarbonyl (C=S) groups is 1. The van der Waals surface area contributed by atoms with Crippen molar-refractivity contribution in [1.29, 1.82) is 0 Å². The number of benzene rings is 1. The summed E-state index contributed by atoms with van der Waals surface area (Å²) >= 11 is 4.87. The summed E-state index contributed by atoms with van der Waals surface area (Å²) in [5, 5.41) is 0. The van der Waals surface area contributed by atoms with E-state index in [9.17, 15) is 9.18 Å². The Hall–Kier alpha value is -1.53. The minimum absolute atomic E-state index is 0.163. The second kappa shape index (κ2) is 6.28. The van der Waals surface area contributed by atoms with Crippen molar-refractivity contribution in [3.05, 3.63) is 35.1 Å². The zero-order chi connectivity index (χ0) is 14.7. The van der Waals surface area contributed by atoms with Gasteiger partial charge in [-0.15, -0.1) is 0 Å². The fourth-order valence-corrected chi connectivity index (χ4v) is 2.74. The maximum absolute atomic E-state index is 13.6. The van der Waals surface area contributed by atoms with E-state index >= 15 is 0 Å². The van der Waals surface area contributed by atoms with Crippen molar-refractivity contribution in [2.24, 2.45) is 11.5 Å². The number of amides is 1. The average molecular weight is 295 g/mol. The van der Waals surface area contributed by atoms with Crippen LogP contribution in [0.3, 0.4) is 0 Å². The molecule has 4 nitrogen and oxygen atoms in total. The molecule has 0 aromatic heterocycles. The molecule has 1 atom stereocenters. The first-order valence-electron chi connectivity index (χ1n) is 6.60. The average Bonchev–Trinajstić information content (AvgIpc) is 2.38. The molecule has 20 heavy (non-hydrogen) atoms. The first-order valence-corrected chi connectivity index (χ1v) is 7.01. The molecule has 1 heterocycles. The van der Waals surface area contributed by atoms with Crippen LogP contribution in [0.4, 0.5) is 4.39 Å². The molecule has 0 bridgehead atoms. The molecule has 1 amide bonds. The summed E-state index contributed by atoms with van der Waals surface area (Å²) in [5.74, 6) is -0.700. The molecule has 0 radical (unpaired) electrons. The summed E-state index contributed by atoms with van der Waals surface area (Å²) < 4.78 is 13.6. The molecule has 4 N–H and O–H groups in total. The molecular weight excluding hydrogens is 277 g/mol. The molecule has 6 heteroatoms. The zero-order valence-electron chi connectivity index (χ0n) is 11.1. The van der Waals surface area contributed by atoms with Crippen LogP contribution < -0.4 is 11.5 Å². The fraction of sp³-hybridized carbons (Fsp3) is 0.429. The van der Waals surface area contributed by atoms with Gasteiger partial charge in [-0.05, 0) is 43.1 Å². The number of carbonyl (C=O) groups is 1. The third kappa shape index (κ3) is 3.52. The molecule has 1 aromatic rings. The van der Waals surface area contributed by atoms with Crippen LogP contribution in [0.5, 0.6) is 0 Å². The van der Waals surface area contributed by atoms with Crippen LogP contribution in [0.1, 0.15) is 30.4 Å². The molecule has 1 unspecified atom stereocenters. The highest BCUT2D eigenvalue weighted by Gasteiger charge is 2.26. The number of halogens is 1. The number of rotatable bonds is 4. The number of primary amides is 1. The maximum atomic E-state index is 13.6. The molecule has 1 aliphatic heterocycles. The Morgan fingerprint density at radius 3 is 2.75 bits per heavy atom. The molecule has 1 aliphatic rings. The van der Waals surface area contributed by atoms with E-state index in [2.05, 4.69) is 0 Å². The van der Waals surface area contributed by atoms with Crippen LogP contribution in [0, 0.1) is 5.82 Å². The number of hydrogen-bond acceptors (Lipinski definition) is 3. The van der Waals surface area contributed by atoms with Crippen LogP contribution in [-0.4, -0.2) is 28.4 Å². The van der Waals surface area contributed by atoms with Gasteiger partial charge in [-0.25, -0.2) is 4.39 Å². The largest absolute Gasteiger partial charge is 0.389 e. The second-order valence-corrected chi connectivity index (χ2v) is 5.54. The lowest BCUT2D eigenvalue weighted by atomic mass is 10.00. The first-order chi connectivity index (χ1) is 9.47. The number of nitrogens with two attached hydrogens (primary N) is 2. The summed E-state index contributed by atoms with van der Waals surface area (Å²) in [6.07, 6.45) is 2.76. The number of nitrogens with zero attached hydrogens (tertiary/aromatic N) is 1. The van der Waals surface area contributed by atoms with Gasteiger partial charge in [0.05, 0.1) is 6.04 Å². The van der Waals surface area contributed by atoms with E-state index in [1.807, 2.05) is 4.90 Å². The minimum atomic E-state index is -0.377. The quantitative estimate of drug-likeness (QED) is 0.821. The van der Waals surface area contributed by atoms with E-state index in [0.29, 0.717) is 12.1 Å². The van der Waals surface area contributed by atoms with Gasteiger partial charge in [0, 0.05) is 12.1 Å². The van der Waals surface area contributed by atoms with Gasteiger partial charge in [-0.1, -0.05) is 18.6 Å². The Bertz CT molecular complexity index is 535. The highest BCUT2D eigenvalue weighted by molar-refractivity contribution is 7.80. The van der Waals surface area contributed by atoms with Crippen molar-refractivity contribution in [1.82, 2.24) is 4.90 Å². The van der Waals surface area contributed by atoms with E-state index in [1.165, 1.54) is 12.1 Å². The summed E-state index contributed by atoms with van der Waals surface area (Å²) in [6, 6.07) is 4.24. The molecule has 2 rings (SSSR count). The number of hydrogen-bond donors (Lipinski definition) is 2. The Balaban J connectivity index is 2.19. The van der Waals surface area contributed by atoms with E-state index in [0.717, 1.165) is 31.4 Å². The topological polar surface area (TPSA) is 72.4 Å². The van der Waals surface area contributed by atoms with Gasteiger partial charge in [0.1, 0.15) is 10.8 Å². The van der Waals surface area contributed by atoms with E-state index in [-0.39, 0.29) is 22.8 Å². The Morgan fingerprint density at radius 2 is 2.10 bits per heavy atom. The van der Waals surface area contributed by atoms with Gasteiger partial charge in [0.2, 0.25) is 5.91 Å². The normalized spacial score (nSPS) is 19.8. The highest BCUT2D eigenvalue weighted by Crippen LogP contribution is 2.20. The van der Waals surface area contributed by atoms with Crippen molar-refractivity contribution >= 4 is 23.1 Å². The third-order valence-electron chi connectivity index (χ3n) is 3.57. The van der Waals surface area contributed by atoms with Crippen LogP contribution in [0.2, 0.25) is 0 Å².